The van der Waals surface area contributed by atoms with E-state index < -0.39 is 0 Å². The number of rotatable bonds is 3. The summed E-state index contributed by atoms with van der Waals surface area (Å²) in [7, 11) is 0. The van der Waals surface area contributed by atoms with Crippen molar-refractivity contribution in [1.82, 2.24) is 10.1 Å². The average Bonchev–Trinajstić information content (AvgIpc) is 3.02. The Hall–Kier alpha value is -1.19. The highest BCUT2D eigenvalue weighted by atomic mass is 16.5. The smallest absolute Gasteiger partial charge is 0.234 e. The van der Waals surface area contributed by atoms with Crippen molar-refractivity contribution < 1.29 is 9.32 Å². The topological polar surface area (TPSA) is 56.0 Å². The van der Waals surface area contributed by atoms with Crippen LogP contribution in [0.15, 0.2) is 4.52 Å². The van der Waals surface area contributed by atoms with Crippen molar-refractivity contribution in [1.29, 1.82) is 0 Å². The van der Waals surface area contributed by atoms with E-state index in [1.54, 1.807) is 0 Å². The zero-order valence-corrected chi connectivity index (χ0v) is 12.0. The van der Waals surface area contributed by atoms with E-state index in [0.717, 1.165) is 17.7 Å². The van der Waals surface area contributed by atoms with E-state index in [0.29, 0.717) is 11.8 Å². The first-order valence-electron chi connectivity index (χ1n) is 7.29. The van der Waals surface area contributed by atoms with Crippen LogP contribution in [0.1, 0.15) is 64.1 Å². The molecule has 0 spiro atoms. The maximum absolute atomic E-state index is 12.0. The zero-order valence-electron chi connectivity index (χ0n) is 12.0. The SMILES string of the molecule is CC(C)(C)C(=O)Cc1nc(C2CC3CCC2C3)no1. The van der Waals surface area contributed by atoms with Crippen LogP contribution in [0.3, 0.4) is 0 Å². The molecule has 2 fully saturated rings. The normalized spacial score (nSPS) is 29.9. The Morgan fingerprint density at radius 3 is 2.68 bits per heavy atom. The predicted octanol–water partition coefficient (Wildman–Crippen LogP) is 3.13. The second-order valence-corrected chi connectivity index (χ2v) is 7.18. The fourth-order valence-corrected chi connectivity index (χ4v) is 3.45. The van der Waals surface area contributed by atoms with Gasteiger partial charge in [0.25, 0.3) is 0 Å². The van der Waals surface area contributed by atoms with Gasteiger partial charge in [-0.15, -0.1) is 0 Å². The lowest BCUT2D eigenvalue weighted by atomic mass is 9.88. The lowest BCUT2D eigenvalue weighted by Gasteiger charge is -2.17. The lowest BCUT2D eigenvalue weighted by Crippen LogP contribution is -2.22. The molecule has 104 valence electrons. The summed E-state index contributed by atoms with van der Waals surface area (Å²) in [6, 6.07) is 0. The molecule has 4 nitrogen and oxygen atoms in total. The van der Waals surface area contributed by atoms with Crippen molar-refractivity contribution in [3.8, 4) is 0 Å². The van der Waals surface area contributed by atoms with Crippen LogP contribution in [0.2, 0.25) is 0 Å². The largest absolute Gasteiger partial charge is 0.339 e. The minimum absolute atomic E-state index is 0.149. The van der Waals surface area contributed by atoms with Crippen LogP contribution in [0.25, 0.3) is 0 Å². The molecule has 2 saturated carbocycles. The number of hydrogen-bond donors (Lipinski definition) is 0. The molecule has 0 amide bonds. The van der Waals surface area contributed by atoms with E-state index in [1.807, 2.05) is 20.8 Å². The molecule has 3 unspecified atom stereocenters. The number of carbonyl (C=O) groups is 1. The Bertz CT molecular complexity index is 487. The maximum Gasteiger partial charge on any atom is 0.234 e. The lowest BCUT2D eigenvalue weighted by molar-refractivity contribution is -0.125. The van der Waals surface area contributed by atoms with E-state index in [4.69, 9.17) is 4.52 Å². The standard InChI is InChI=1S/C15H22N2O2/c1-15(2,3)12(18)8-13-16-14(17-19-13)11-7-9-4-5-10(11)6-9/h9-11H,4-8H2,1-3H3. The van der Waals surface area contributed by atoms with Gasteiger partial charge in [-0.25, -0.2) is 0 Å². The summed E-state index contributed by atoms with van der Waals surface area (Å²) in [5.41, 5.74) is -0.346. The van der Waals surface area contributed by atoms with Crippen molar-refractivity contribution >= 4 is 5.78 Å². The van der Waals surface area contributed by atoms with Crippen LogP contribution in [-0.4, -0.2) is 15.9 Å². The quantitative estimate of drug-likeness (QED) is 0.839. The number of carbonyl (C=O) groups excluding carboxylic acids is 1. The average molecular weight is 262 g/mol. The third-order valence-corrected chi connectivity index (χ3v) is 4.70. The van der Waals surface area contributed by atoms with Crippen LogP contribution in [-0.2, 0) is 11.2 Å². The second kappa shape index (κ2) is 4.43. The summed E-state index contributed by atoms with van der Waals surface area (Å²) in [4.78, 5) is 16.4. The van der Waals surface area contributed by atoms with Crippen molar-refractivity contribution in [3.63, 3.8) is 0 Å². The molecular formula is C15H22N2O2. The Kier molecular flexibility index (Phi) is 2.99. The van der Waals surface area contributed by atoms with E-state index >= 15 is 0 Å². The summed E-state index contributed by atoms with van der Waals surface area (Å²) in [6.07, 6.45) is 5.47. The molecule has 1 heterocycles. The van der Waals surface area contributed by atoms with E-state index in [2.05, 4.69) is 10.1 Å². The second-order valence-electron chi connectivity index (χ2n) is 7.18. The number of aromatic nitrogens is 2. The molecule has 2 aliphatic carbocycles. The van der Waals surface area contributed by atoms with Gasteiger partial charge in [-0.2, -0.15) is 4.98 Å². The first kappa shape index (κ1) is 12.8. The fourth-order valence-electron chi connectivity index (χ4n) is 3.45. The van der Waals surface area contributed by atoms with Gasteiger partial charge in [0.1, 0.15) is 5.78 Å². The molecule has 4 heteroatoms. The predicted molar refractivity (Wildman–Crippen MR) is 70.7 cm³/mol. The van der Waals surface area contributed by atoms with Gasteiger partial charge in [-0.3, -0.25) is 4.79 Å². The summed E-state index contributed by atoms with van der Waals surface area (Å²) in [5.74, 6) is 3.56. The van der Waals surface area contributed by atoms with Crippen molar-refractivity contribution in [2.45, 2.75) is 58.8 Å². The summed E-state index contributed by atoms with van der Waals surface area (Å²) in [6.45, 7) is 5.76. The first-order valence-corrected chi connectivity index (χ1v) is 7.29. The molecular weight excluding hydrogens is 240 g/mol. The monoisotopic (exact) mass is 262 g/mol. The van der Waals surface area contributed by atoms with Crippen molar-refractivity contribution in [2.24, 2.45) is 17.3 Å². The number of ketones is 1. The molecule has 2 bridgehead atoms. The molecule has 0 aromatic carbocycles. The van der Waals surface area contributed by atoms with Crippen LogP contribution in [0, 0.1) is 17.3 Å². The molecule has 3 atom stereocenters. The van der Waals surface area contributed by atoms with Crippen molar-refractivity contribution in [3.05, 3.63) is 11.7 Å². The van der Waals surface area contributed by atoms with E-state index in [9.17, 15) is 4.79 Å². The molecule has 2 aliphatic rings. The number of nitrogens with zero attached hydrogens (tertiary/aromatic N) is 2. The first-order chi connectivity index (χ1) is 8.93. The van der Waals surface area contributed by atoms with E-state index in [-0.39, 0.29) is 17.6 Å². The summed E-state index contributed by atoms with van der Waals surface area (Å²) >= 11 is 0. The molecule has 0 radical (unpaired) electrons. The van der Waals surface area contributed by atoms with Gasteiger partial charge in [0, 0.05) is 11.3 Å². The van der Waals surface area contributed by atoms with Gasteiger partial charge in [0.2, 0.25) is 5.89 Å². The van der Waals surface area contributed by atoms with Crippen LogP contribution < -0.4 is 0 Å². The molecule has 0 aliphatic heterocycles. The molecule has 19 heavy (non-hydrogen) atoms. The molecule has 1 aromatic rings. The molecule has 1 aromatic heterocycles. The number of Topliss-reactive ketones (excluding diaryl/α,β-unsaturated/α-hetero) is 1. The van der Waals surface area contributed by atoms with Gasteiger partial charge < -0.3 is 4.52 Å². The highest BCUT2D eigenvalue weighted by Gasteiger charge is 2.42. The summed E-state index contributed by atoms with van der Waals surface area (Å²) < 4.78 is 5.27. The Morgan fingerprint density at radius 1 is 1.32 bits per heavy atom. The van der Waals surface area contributed by atoms with Crippen LogP contribution in [0.5, 0.6) is 0 Å². The summed E-state index contributed by atoms with van der Waals surface area (Å²) in [5, 5.41) is 4.11. The van der Waals surface area contributed by atoms with Gasteiger partial charge in [0.05, 0.1) is 6.42 Å². The molecule has 3 rings (SSSR count). The van der Waals surface area contributed by atoms with Gasteiger partial charge >= 0.3 is 0 Å². The minimum atomic E-state index is -0.346. The third-order valence-electron chi connectivity index (χ3n) is 4.70. The highest BCUT2D eigenvalue weighted by molar-refractivity contribution is 5.84. The maximum atomic E-state index is 12.0. The Morgan fingerprint density at radius 2 is 2.11 bits per heavy atom. The van der Waals surface area contributed by atoms with Gasteiger partial charge in [-0.1, -0.05) is 32.3 Å². The number of fused-ring (bicyclic) bond motifs is 2. The minimum Gasteiger partial charge on any atom is -0.339 e. The fraction of sp³-hybridized carbons (Fsp3) is 0.800. The van der Waals surface area contributed by atoms with Crippen LogP contribution >= 0.6 is 0 Å². The van der Waals surface area contributed by atoms with Gasteiger partial charge in [0.15, 0.2) is 5.82 Å². The zero-order chi connectivity index (χ0) is 13.6. The van der Waals surface area contributed by atoms with E-state index in [1.165, 1.54) is 25.7 Å². The third kappa shape index (κ3) is 2.45. The van der Waals surface area contributed by atoms with Crippen molar-refractivity contribution in [2.75, 3.05) is 0 Å². The number of hydrogen-bond acceptors (Lipinski definition) is 4. The Balaban J connectivity index is 1.69. The van der Waals surface area contributed by atoms with Gasteiger partial charge in [-0.05, 0) is 31.1 Å². The highest BCUT2D eigenvalue weighted by Crippen LogP contribution is 2.52. The Labute approximate surface area is 114 Å². The molecule has 0 N–H and O–H groups in total. The van der Waals surface area contributed by atoms with Crippen LogP contribution in [0.4, 0.5) is 0 Å². The molecule has 0 saturated heterocycles.